The van der Waals surface area contributed by atoms with Gasteiger partial charge in [-0.25, -0.2) is 18.7 Å². The Morgan fingerprint density at radius 3 is 2.50 bits per heavy atom. The lowest BCUT2D eigenvalue weighted by Crippen LogP contribution is -1.91. The van der Waals surface area contributed by atoms with Gasteiger partial charge in [0.2, 0.25) is 0 Å². The average Bonchev–Trinajstić information content (AvgIpc) is 2.74. The second-order valence-electron chi connectivity index (χ2n) is 4.01. The van der Waals surface area contributed by atoms with E-state index in [2.05, 4.69) is 15.0 Å². The molecular formula is C13H9F2N3. The summed E-state index contributed by atoms with van der Waals surface area (Å²) >= 11 is 0. The van der Waals surface area contributed by atoms with Gasteiger partial charge in [-0.2, -0.15) is 0 Å². The Kier molecular flexibility index (Phi) is 2.33. The van der Waals surface area contributed by atoms with Gasteiger partial charge in [-0.15, -0.1) is 0 Å². The van der Waals surface area contributed by atoms with Crippen LogP contribution in [0.3, 0.4) is 0 Å². The highest BCUT2D eigenvalue weighted by Gasteiger charge is 2.15. The number of pyridine rings is 1. The number of rotatable bonds is 1. The third-order valence-electron chi connectivity index (χ3n) is 2.80. The summed E-state index contributed by atoms with van der Waals surface area (Å²) in [6.07, 6.45) is 1.61. The molecule has 90 valence electrons. The van der Waals surface area contributed by atoms with E-state index in [4.69, 9.17) is 0 Å². The van der Waals surface area contributed by atoms with Crippen LogP contribution < -0.4 is 0 Å². The summed E-state index contributed by atoms with van der Waals surface area (Å²) in [7, 11) is 0. The smallest absolute Gasteiger partial charge is 0.178 e. The normalized spacial score (nSPS) is 11.1. The maximum atomic E-state index is 13.6. The largest absolute Gasteiger partial charge is 0.336 e. The molecule has 1 aromatic carbocycles. The SMILES string of the molecule is Cc1ccnc2nc(-c3c(F)cccc3F)[nH]c12. The molecule has 0 spiro atoms. The molecule has 1 N–H and O–H groups in total. The van der Waals surface area contributed by atoms with Crippen molar-refractivity contribution in [3.05, 3.63) is 47.7 Å². The van der Waals surface area contributed by atoms with Crippen LogP contribution in [0.5, 0.6) is 0 Å². The van der Waals surface area contributed by atoms with Gasteiger partial charge < -0.3 is 4.98 Å². The summed E-state index contributed by atoms with van der Waals surface area (Å²) in [6, 6.07) is 5.53. The van der Waals surface area contributed by atoms with Crippen LogP contribution >= 0.6 is 0 Å². The molecule has 3 aromatic rings. The second kappa shape index (κ2) is 3.87. The first-order valence-electron chi connectivity index (χ1n) is 5.42. The number of H-pyrrole nitrogens is 1. The monoisotopic (exact) mass is 245 g/mol. The minimum absolute atomic E-state index is 0.155. The number of halogens is 2. The number of nitrogens with one attached hydrogen (secondary N) is 1. The van der Waals surface area contributed by atoms with Crippen LogP contribution in [0.15, 0.2) is 30.5 Å². The Morgan fingerprint density at radius 1 is 1.11 bits per heavy atom. The zero-order valence-corrected chi connectivity index (χ0v) is 9.54. The minimum Gasteiger partial charge on any atom is -0.336 e. The highest BCUT2D eigenvalue weighted by atomic mass is 19.1. The van der Waals surface area contributed by atoms with E-state index in [0.29, 0.717) is 11.2 Å². The fourth-order valence-electron chi connectivity index (χ4n) is 1.88. The Morgan fingerprint density at radius 2 is 1.83 bits per heavy atom. The van der Waals surface area contributed by atoms with Crippen molar-refractivity contribution in [2.75, 3.05) is 0 Å². The lowest BCUT2D eigenvalue weighted by atomic mass is 10.2. The van der Waals surface area contributed by atoms with Crippen molar-refractivity contribution in [1.82, 2.24) is 15.0 Å². The number of nitrogens with zero attached hydrogens (tertiary/aromatic N) is 2. The Hall–Kier alpha value is -2.30. The molecular weight excluding hydrogens is 236 g/mol. The predicted molar refractivity (Wildman–Crippen MR) is 64.0 cm³/mol. The van der Waals surface area contributed by atoms with Gasteiger partial charge in [-0.3, -0.25) is 0 Å². The van der Waals surface area contributed by atoms with Gasteiger partial charge in [0.05, 0.1) is 11.1 Å². The standard InChI is InChI=1S/C13H9F2N3/c1-7-5-6-16-13-11(7)17-12(18-13)10-8(14)3-2-4-9(10)15/h2-6H,1H3,(H,16,17,18). The number of aryl methyl sites for hydroxylation is 1. The molecule has 0 bridgehead atoms. The third kappa shape index (κ3) is 1.55. The van der Waals surface area contributed by atoms with Gasteiger partial charge in [0.15, 0.2) is 5.65 Å². The Balaban J connectivity index is 2.30. The molecule has 0 saturated carbocycles. The average molecular weight is 245 g/mol. The minimum atomic E-state index is -0.647. The summed E-state index contributed by atoms with van der Waals surface area (Å²) in [4.78, 5) is 11.1. The molecule has 2 aromatic heterocycles. The number of aromatic amines is 1. The van der Waals surface area contributed by atoms with Gasteiger partial charge in [0, 0.05) is 6.20 Å². The summed E-state index contributed by atoms with van der Waals surface area (Å²) in [5.41, 5.74) is 1.91. The molecule has 0 unspecified atom stereocenters. The van der Waals surface area contributed by atoms with Crippen LogP contribution in [0.25, 0.3) is 22.6 Å². The van der Waals surface area contributed by atoms with E-state index < -0.39 is 11.6 Å². The highest BCUT2D eigenvalue weighted by molar-refractivity contribution is 5.78. The van der Waals surface area contributed by atoms with E-state index in [1.54, 1.807) is 6.20 Å². The fraction of sp³-hybridized carbons (Fsp3) is 0.0769. The molecule has 18 heavy (non-hydrogen) atoms. The molecule has 3 nitrogen and oxygen atoms in total. The molecule has 0 aliphatic carbocycles. The first-order chi connectivity index (χ1) is 8.66. The zero-order chi connectivity index (χ0) is 12.7. The van der Waals surface area contributed by atoms with E-state index in [0.717, 1.165) is 5.56 Å². The highest BCUT2D eigenvalue weighted by Crippen LogP contribution is 2.25. The van der Waals surface area contributed by atoms with Gasteiger partial charge in [-0.05, 0) is 30.7 Å². The lowest BCUT2D eigenvalue weighted by molar-refractivity contribution is 0.588. The Bertz CT molecular complexity index is 714. The first kappa shape index (κ1) is 10.8. The van der Waals surface area contributed by atoms with Crippen molar-refractivity contribution in [2.24, 2.45) is 0 Å². The van der Waals surface area contributed by atoms with Gasteiger partial charge in [-0.1, -0.05) is 6.07 Å². The van der Waals surface area contributed by atoms with Crippen LogP contribution in [-0.4, -0.2) is 15.0 Å². The fourth-order valence-corrected chi connectivity index (χ4v) is 1.88. The quantitative estimate of drug-likeness (QED) is 0.715. The molecule has 3 rings (SSSR count). The Labute approximate surface area is 102 Å². The molecule has 0 aliphatic heterocycles. The molecule has 0 radical (unpaired) electrons. The predicted octanol–water partition coefficient (Wildman–Crippen LogP) is 3.21. The number of aromatic nitrogens is 3. The molecule has 0 saturated heterocycles. The third-order valence-corrected chi connectivity index (χ3v) is 2.80. The van der Waals surface area contributed by atoms with Crippen LogP contribution in [0.2, 0.25) is 0 Å². The molecule has 0 fully saturated rings. The number of imidazole rings is 1. The molecule has 0 atom stereocenters. The van der Waals surface area contributed by atoms with Crippen LogP contribution in [0.4, 0.5) is 8.78 Å². The second-order valence-corrected chi connectivity index (χ2v) is 4.01. The summed E-state index contributed by atoms with van der Waals surface area (Å²) < 4.78 is 27.3. The van der Waals surface area contributed by atoms with Crippen molar-refractivity contribution in [3.8, 4) is 11.4 Å². The van der Waals surface area contributed by atoms with E-state index in [1.165, 1.54) is 18.2 Å². The maximum Gasteiger partial charge on any atom is 0.178 e. The maximum absolute atomic E-state index is 13.6. The first-order valence-corrected chi connectivity index (χ1v) is 5.42. The summed E-state index contributed by atoms with van der Waals surface area (Å²) in [5, 5.41) is 0. The lowest BCUT2D eigenvalue weighted by Gasteiger charge is -2.00. The van der Waals surface area contributed by atoms with E-state index in [1.807, 2.05) is 13.0 Å². The molecule has 0 amide bonds. The molecule has 5 heteroatoms. The van der Waals surface area contributed by atoms with Crippen LogP contribution in [0, 0.1) is 18.6 Å². The number of fused-ring (bicyclic) bond motifs is 1. The van der Waals surface area contributed by atoms with E-state index in [9.17, 15) is 8.78 Å². The van der Waals surface area contributed by atoms with Gasteiger partial charge >= 0.3 is 0 Å². The zero-order valence-electron chi connectivity index (χ0n) is 9.54. The van der Waals surface area contributed by atoms with Crippen molar-refractivity contribution in [2.45, 2.75) is 6.92 Å². The van der Waals surface area contributed by atoms with Gasteiger partial charge in [0.1, 0.15) is 17.5 Å². The molecule has 0 aliphatic rings. The molecule has 2 heterocycles. The number of hydrogen-bond acceptors (Lipinski definition) is 2. The van der Waals surface area contributed by atoms with Crippen molar-refractivity contribution in [1.29, 1.82) is 0 Å². The topological polar surface area (TPSA) is 41.6 Å². The van der Waals surface area contributed by atoms with Crippen molar-refractivity contribution < 1.29 is 8.78 Å². The summed E-state index contributed by atoms with van der Waals surface area (Å²) in [6.45, 7) is 1.88. The van der Waals surface area contributed by atoms with E-state index in [-0.39, 0.29) is 11.4 Å². The number of hydrogen-bond donors (Lipinski definition) is 1. The summed E-state index contributed by atoms with van der Waals surface area (Å²) in [5.74, 6) is -1.14. The van der Waals surface area contributed by atoms with Gasteiger partial charge in [0.25, 0.3) is 0 Å². The van der Waals surface area contributed by atoms with Crippen LogP contribution in [-0.2, 0) is 0 Å². The number of benzene rings is 1. The van der Waals surface area contributed by atoms with Crippen molar-refractivity contribution in [3.63, 3.8) is 0 Å². The van der Waals surface area contributed by atoms with E-state index >= 15 is 0 Å². The van der Waals surface area contributed by atoms with Crippen molar-refractivity contribution >= 4 is 11.2 Å². The van der Waals surface area contributed by atoms with Crippen LogP contribution in [0.1, 0.15) is 5.56 Å².